The van der Waals surface area contributed by atoms with Gasteiger partial charge < -0.3 is 30.3 Å². The van der Waals surface area contributed by atoms with Gasteiger partial charge in [0.25, 0.3) is 11.8 Å². The first-order chi connectivity index (χ1) is 30.1. The molecule has 0 radical (unpaired) electrons. The first-order valence-electron chi connectivity index (χ1n) is 19.0. The van der Waals surface area contributed by atoms with Gasteiger partial charge in [-0.2, -0.15) is 0 Å². The molecule has 2 aromatic heterocycles. The van der Waals surface area contributed by atoms with Crippen LogP contribution in [0.1, 0.15) is 34.3 Å². The number of rotatable bonds is 12. The lowest BCUT2D eigenvalue weighted by atomic mass is 9.96. The van der Waals surface area contributed by atoms with Crippen LogP contribution in [0.3, 0.4) is 0 Å². The lowest BCUT2D eigenvalue weighted by Crippen LogP contribution is -2.33. The highest BCUT2D eigenvalue weighted by Crippen LogP contribution is 2.41. The summed E-state index contributed by atoms with van der Waals surface area (Å²) in [6, 6.07) is 41.0. The third-order valence-electron chi connectivity index (χ3n) is 9.57. The molecule has 312 valence electrons. The summed E-state index contributed by atoms with van der Waals surface area (Å²) in [5.41, 5.74) is 2.84. The topological polar surface area (TPSA) is 143 Å². The summed E-state index contributed by atoms with van der Waals surface area (Å²) in [7, 11) is 0. The molecule has 0 aliphatic carbocycles. The van der Waals surface area contributed by atoms with Crippen LogP contribution >= 0.6 is 46.4 Å². The van der Waals surface area contributed by atoms with E-state index in [2.05, 4.69) is 20.6 Å². The van der Waals surface area contributed by atoms with Crippen molar-refractivity contribution >= 4 is 80.0 Å². The maximum absolute atomic E-state index is 12.7. The summed E-state index contributed by atoms with van der Waals surface area (Å²) in [5.74, 6) is 0.290. The summed E-state index contributed by atoms with van der Waals surface area (Å²) in [4.78, 5) is 33.9. The van der Waals surface area contributed by atoms with E-state index in [1.54, 1.807) is 122 Å². The fourth-order valence-electron chi connectivity index (χ4n) is 6.62. The van der Waals surface area contributed by atoms with E-state index in [0.29, 0.717) is 70.1 Å². The van der Waals surface area contributed by atoms with E-state index in [-0.39, 0.29) is 36.5 Å². The van der Waals surface area contributed by atoms with Gasteiger partial charge in [-0.05, 0) is 90.0 Å². The van der Waals surface area contributed by atoms with Crippen LogP contribution in [0, 0.1) is 0 Å². The Bertz CT molecular complexity index is 2840. The van der Waals surface area contributed by atoms with Gasteiger partial charge in [-0.25, -0.2) is 0 Å². The van der Waals surface area contributed by atoms with Crippen molar-refractivity contribution in [3.05, 3.63) is 200 Å². The maximum Gasteiger partial charge on any atom is 0.258 e. The van der Waals surface area contributed by atoms with Gasteiger partial charge in [0.15, 0.2) is 13.2 Å². The number of phenolic OH excluding ortho intramolecular Hbond substituents is 2. The highest BCUT2D eigenvalue weighted by molar-refractivity contribution is 6.36. The molecule has 2 amide bonds. The van der Waals surface area contributed by atoms with Gasteiger partial charge in [0.1, 0.15) is 34.0 Å². The molecule has 2 unspecified atom stereocenters. The molecule has 0 spiro atoms. The molecule has 0 bridgehead atoms. The van der Waals surface area contributed by atoms with Crippen LogP contribution in [0.5, 0.6) is 23.0 Å². The Morgan fingerprint density at radius 3 is 1.47 bits per heavy atom. The van der Waals surface area contributed by atoms with E-state index >= 15 is 0 Å². The smallest absolute Gasteiger partial charge is 0.258 e. The number of nitrogens with zero attached hydrogens (tertiary/aromatic N) is 2. The SMILES string of the molecule is O=C(COc1ccccc1)NC(c1ccc(Cl)cc1)c1cc(Cl)c2cccnc2c1O.O=C(COc1ccccc1)NC(c1ccccc1Cl)c1cc(Cl)c2cccnc2c1O. The maximum atomic E-state index is 12.7. The average molecular weight is 907 g/mol. The summed E-state index contributed by atoms with van der Waals surface area (Å²) in [6.07, 6.45) is 3.14. The highest BCUT2D eigenvalue weighted by Gasteiger charge is 2.26. The molecule has 0 aliphatic rings. The zero-order valence-corrected chi connectivity index (χ0v) is 35.5. The summed E-state index contributed by atoms with van der Waals surface area (Å²) in [6.45, 7) is -0.389. The number of hydrogen-bond donors (Lipinski definition) is 4. The van der Waals surface area contributed by atoms with Crippen molar-refractivity contribution in [3.63, 3.8) is 0 Å². The molecular weight excluding hydrogens is 870 g/mol. The lowest BCUT2D eigenvalue weighted by molar-refractivity contribution is -0.124. The number of nitrogens with one attached hydrogen (secondary N) is 2. The molecule has 10 nitrogen and oxygen atoms in total. The number of pyridine rings is 2. The number of carbonyl (C=O) groups is 2. The van der Waals surface area contributed by atoms with Gasteiger partial charge >= 0.3 is 0 Å². The fourth-order valence-corrected chi connectivity index (χ4v) is 7.53. The molecule has 0 saturated heterocycles. The number of hydrogen-bond acceptors (Lipinski definition) is 8. The number of halogens is 4. The standard InChI is InChI=1S/2C24H18Cl2N2O3/c25-19-11-5-4-9-16(19)22(28-21(29)14-31-15-7-2-1-3-8-15)18-13-20(26)17-10-6-12-27-23(17)24(18)30;25-16-10-8-15(9-11-16)22(28-21(29)14-31-17-5-2-1-3-6-17)19-13-20(26)18-7-4-12-27-23(18)24(19)30/h2*1-13,22,30H,14H2,(H,28,29). The van der Waals surface area contributed by atoms with E-state index < -0.39 is 12.1 Å². The fraction of sp³-hybridized carbons (Fsp3) is 0.0833. The van der Waals surface area contributed by atoms with Gasteiger partial charge in [-0.1, -0.05) is 113 Å². The van der Waals surface area contributed by atoms with Crippen molar-refractivity contribution in [2.45, 2.75) is 12.1 Å². The average Bonchev–Trinajstić information content (AvgIpc) is 3.30. The van der Waals surface area contributed by atoms with Crippen molar-refractivity contribution < 1.29 is 29.3 Å². The third kappa shape index (κ3) is 10.5. The number of para-hydroxylation sites is 2. The minimum atomic E-state index is -0.760. The van der Waals surface area contributed by atoms with E-state index in [0.717, 1.165) is 5.56 Å². The molecule has 8 rings (SSSR count). The van der Waals surface area contributed by atoms with Crippen LogP contribution in [-0.2, 0) is 9.59 Å². The monoisotopic (exact) mass is 904 g/mol. The molecule has 62 heavy (non-hydrogen) atoms. The second-order valence-electron chi connectivity index (χ2n) is 13.7. The second kappa shape index (κ2) is 20.3. The molecule has 8 aromatic rings. The quantitative estimate of drug-likeness (QED) is 0.0949. The number of phenols is 2. The number of carbonyl (C=O) groups excluding carboxylic acids is 2. The molecule has 6 aromatic carbocycles. The number of benzene rings is 6. The van der Waals surface area contributed by atoms with Gasteiger partial charge in [0.05, 0.1) is 22.1 Å². The Morgan fingerprint density at radius 2 is 0.968 bits per heavy atom. The van der Waals surface area contributed by atoms with E-state index in [9.17, 15) is 19.8 Å². The molecule has 14 heteroatoms. The van der Waals surface area contributed by atoms with Crippen LogP contribution in [0.2, 0.25) is 20.1 Å². The molecular formula is C48H36Cl4N4O6. The summed E-state index contributed by atoms with van der Waals surface area (Å²) < 4.78 is 11.1. The Labute approximate surface area is 376 Å². The molecule has 0 saturated carbocycles. The van der Waals surface area contributed by atoms with Gasteiger partial charge in [-0.15, -0.1) is 0 Å². The van der Waals surface area contributed by atoms with Crippen LogP contribution in [0.15, 0.2) is 158 Å². The van der Waals surface area contributed by atoms with Gasteiger partial charge in [0, 0.05) is 44.3 Å². The molecule has 2 atom stereocenters. The van der Waals surface area contributed by atoms with E-state index in [1.165, 1.54) is 0 Å². The Morgan fingerprint density at radius 1 is 0.516 bits per heavy atom. The summed E-state index contributed by atoms with van der Waals surface area (Å²) in [5, 5.41) is 30.8. The van der Waals surface area contributed by atoms with Crippen LogP contribution < -0.4 is 20.1 Å². The number of amides is 2. The molecule has 2 heterocycles. The molecule has 0 fully saturated rings. The van der Waals surface area contributed by atoms with Crippen LogP contribution in [0.25, 0.3) is 21.8 Å². The van der Waals surface area contributed by atoms with E-state index in [1.807, 2.05) is 36.4 Å². The van der Waals surface area contributed by atoms with Crippen molar-refractivity contribution in [1.82, 2.24) is 20.6 Å². The van der Waals surface area contributed by atoms with Gasteiger partial charge in [0.2, 0.25) is 0 Å². The summed E-state index contributed by atoms with van der Waals surface area (Å²) >= 11 is 25.4. The minimum absolute atomic E-state index is 0.0516. The molecule has 4 N–H and O–H groups in total. The Balaban J connectivity index is 0.000000186. The van der Waals surface area contributed by atoms with E-state index in [4.69, 9.17) is 55.9 Å². The highest BCUT2D eigenvalue weighted by atomic mass is 35.5. The largest absolute Gasteiger partial charge is 0.505 e. The molecule has 0 aliphatic heterocycles. The zero-order valence-electron chi connectivity index (χ0n) is 32.5. The van der Waals surface area contributed by atoms with Crippen molar-refractivity contribution in [1.29, 1.82) is 0 Å². The van der Waals surface area contributed by atoms with Crippen molar-refractivity contribution in [2.24, 2.45) is 0 Å². The normalized spacial score (nSPS) is 11.8. The van der Waals surface area contributed by atoms with Crippen LogP contribution in [-0.4, -0.2) is 45.2 Å². The lowest BCUT2D eigenvalue weighted by Gasteiger charge is -2.23. The second-order valence-corrected chi connectivity index (χ2v) is 15.3. The number of fused-ring (bicyclic) bond motifs is 2. The first kappa shape index (κ1) is 43.5. The Kier molecular flexibility index (Phi) is 14.3. The first-order valence-corrected chi connectivity index (χ1v) is 20.5. The zero-order chi connectivity index (χ0) is 43.6. The minimum Gasteiger partial charge on any atom is -0.505 e. The van der Waals surface area contributed by atoms with Crippen molar-refractivity contribution in [2.75, 3.05) is 13.2 Å². The van der Waals surface area contributed by atoms with Gasteiger partial charge in [-0.3, -0.25) is 19.6 Å². The third-order valence-corrected chi connectivity index (χ3v) is 10.8. The van der Waals surface area contributed by atoms with Crippen LogP contribution in [0.4, 0.5) is 0 Å². The number of aromatic hydroxyl groups is 2. The predicted molar refractivity (Wildman–Crippen MR) is 244 cm³/mol. The number of ether oxygens (including phenoxy) is 2. The Hall–Kier alpha value is -6.56. The predicted octanol–water partition coefficient (Wildman–Crippen LogP) is 11.1. The van der Waals surface area contributed by atoms with Crippen molar-refractivity contribution in [3.8, 4) is 23.0 Å². The number of aromatic nitrogens is 2.